The van der Waals surface area contributed by atoms with Gasteiger partial charge in [0.05, 0.1) is 42.8 Å². The summed E-state index contributed by atoms with van der Waals surface area (Å²) >= 11 is 0. The van der Waals surface area contributed by atoms with Crippen LogP contribution in [-0.2, 0) is 10.9 Å². The van der Waals surface area contributed by atoms with E-state index in [1.807, 2.05) is 13.8 Å². The largest absolute Gasteiger partial charge is 0.434 e. The Morgan fingerprint density at radius 2 is 1.97 bits per heavy atom. The van der Waals surface area contributed by atoms with Gasteiger partial charge < -0.3 is 14.6 Å². The highest BCUT2D eigenvalue weighted by Crippen LogP contribution is 2.33. The number of hydrogen-bond acceptors (Lipinski definition) is 7. The standard InChI is InChI=1S/C20H19F3N8O/c1-11-8-30(12(2)18(32-11)13-5-24-10-28-13)16-3-4-25-19(29-16)14-6-27-17-7-26-15(9-31(14)17)20(21,22)23/h3-7,9-12,18H,8H2,1-2H3,(H,24,28). The second-order valence-corrected chi connectivity index (χ2v) is 7.65. The molecule has 12 heteroatoms. The molecule has 3 unspecified atom stereocenters. The summed E-state index contributed by atoms with van der Waals surface area (Å²) in [5, 5.41) is 0. The number of imidazole rings is 2. The van der Waals surface area contributed by atoms with Gasteiger partial charge in [-0.15, -0.1) is 0 Å². The lowest BCUT2D eigenvalue weighted by atomic mass is 10.0. The fourth-order valence-corrected chi connectivity index (χ4v) is 3.90. The van der Waals surface area contributed by atoms with E-state index in [0.29, 0.717) is 18.1 Å². The average molecular weight is 444 g/mol. The highest BCUT2D eigenvalue weighted by molar-refractivity contribution is 5.58. The smallest absolute Gasteiger partial charge is 0.365 e. The normalized spacial score (nSPS) is 21.9. The van der Waals surface area contributed by atoms with E-state index < -0.39 is 11.9 Å². The Hall–Kier alpha value is -3.54. The monoisotopic (exact) mass is 444 g/mol. The van der Waals surface area contributed by atoms with Gasteiger partial charge in [0.25, 0.3) is 0 Å². The van der Waals surface area contributed by atoms with Crippen molar-refractivity contribution in [1.29, 1.82) is 0 Å². The zero-order valence-electron chi connectivity index (χ0n) is 17.2. The molecule has 0 bridgehead atoms. The number of morpholine rings is 1. The number of fused-ring (bicyclic) bond motifs is 1. The molecule has 1 fully saturated rings. The molecular formula is C20H19F3N8O. The minimum Gasteiger partial charge on any atom is -0.365 e. The van der Waals surface area contributed by atoms with Gasteiger partial charge in [-0.25, -0.2) is 24.9 Å². The summed E-state index contributed by atoms with van der Waals surface area (Å²) in [6.45, 7) is 4.59. The maximum atomic E-state index is 13.1. The first-order chi connectivity index (χ1) is 15.3. The summed E-state index contributed by atoms with van der Waals surface area (Å²) < 4.78 is 46.8. The Morgan fingerprint density at radius 3 is 2.72 bits per heavy atom. The second-order valence-electron chi connectivity index (χ2n) is 7.65. The van der Waals surface area contributed by atoms with Crippen LogP contribution in [0.15, 0.2) is 43.4 Å². The molecule has 0 amide bonds. The van der Waals surface area contributed by atoms with Gasteiger partial charge in [-0.05, 0) is 19.9 Å². The van der Waals surface area contributed by atoms with E-state index in [9.17, 15) is 13.2 Å². The highest BCUT2D eigenvalue weighted by atomic mass is 19.4. The maximum absolute atomic E-state index is 13.1. The van der Waals surface area contributed by atoms with Crippen molar-refractivity contribution < 1.29 is 17.9 Å². The lowest BCUT2D eigenvalue weighted by Gasteiger charge is -2.42. The summed E-state index contributed by atoms with van der Waals surface area (Å²) in [5.41, 5.74) is 0.458. The van der Waals surface area contributed by atoms with Crippen LogP contribution in [0, 0.1) is 0 Å². The van der Waals surface area contributed by atoms with E-state index in [0.717, 1.165) is 18.1 Å². The van der Waals surface area contributed by atoms with Crippen LogP contribution in [0.3, 0.4) is 0 Å². The number of rotatable bonds is 3. The van der Waals surface area contributed by atoms with Crippen molar-refractivity contribution in [2.75, 3.05) is 11.4 Å². The topological polar surface area (TPSA) is 97.1 Å². The molecule has 3 atom stereocenters. The molecule has 1 aliphatic rings. The Kier molecular flexibility index (Phi) is 4.81. The molecule has 166 valence electrons. The molecule has 1 saturated heterocycles. The number of hydrogen-bond donors (Lipinski definition) is 1. The van der Waals surface area contributed by atoms with Gasteiger partial charge in [0.2, 0.25) is 0 Å². The van der Waals surface area contributed by atoms with Crippen LogP contribution in [-0.4, -0.2) is 53.0 Å². The van der Waals surface area contributed by atoms with Gasteiger partial charge in [-0.3, -0.25) is 4.40 Å². The second kappa shape index (κ2) is 7.55. The van der Waals surface area contributed by atoms with E-state index in [-0.39, 0.29) is 29.7 Å². The van der Waals surface area contributed by atoms with Crippen molar-refractivity contribution >= 4 is 11.5 Å². The number of halogens is 3. The predicted octanol–water partition coefficient (Wildman–Crippen LogP) is 3.28. The fraction of sp³-hybridized carbons (Fsp3) is 0.350. The van der Waals surface area contributed by atoms with Crippen LogP contribution in [0.5, 0.6) is 0 Å². The van der Waals surface area contributed by atoms with Crippen LogP contribution in [0.1, 0.15) is 31.3 Å². The quantitative estimate of drug-likeness (QED) is 0.518. The number of aromatic nitrogens is 7. The molecule has 1 aliphatic heterocycles. The van der Waals surface area contributed by atoms with Crippen LogP contribution in [0.2, 0.25) is 0 Å². The molecular weight excluding hydrogens is 425 g/mol. The van der Waals surface area contributed by atoms with Gasteiger partial charge in [0, 0.05) is 18.9 Å². The number of nitrogens with one attached hydrogen (secondary N) is 1. The SMILES string of the molecule is CC1CN(c2ccnc(-c3cnc4cnc(C(F)(F)F)cn34)n2)C(C)C(c2cnc[nH]2)O1. The molecule has 0 radical (unpaired) electrons. The zero-order valence-corrected chi connectivity index (χ0v) is 17.2. The van der Waals surface area contributed by atoms with Gasteiger partial charge in [0.15, 0.2) is 17.2 Å². The van der Waals surface area contributed by atoms with Crippen molar-refractivity contribution in [2.24, 2.45) is 0 Å². The number of alkyl halides is 3. The third-order valence-corrected chi connectivity index (χ3v) is 5.44. The van der Waals surface area contributed by atoms with E-state index in [1.54, 1.807) is 24.8 Å². The van der Waals surface area contributed by atoms with Crippen LogP contribution in [0.25, 0.3) is 17.2 Å². The first-order valence-corrected chi connectivity index (χ1v) is 9.95. The molecule has 5 heterocycles. The number of nitrogens with zero attached hydrogens (tertiary/aromatic N) is 7. The lowest BCUT2D eigenvalue weighted by Crippen LogP contribution is -2.49. The van der Waals surface area contributed by atoms with Crippen molar-refractivity contribution in [1.82, 2.24) is 34.3 Å². The summed E-state index contributed by atoms with van der Waals surface area (Å²) in [6.07, 6.45) is 3.46. The molecule has 32 heavy (non-hydrogen) atoms. The van der Waals surface area contributed by atoms with Gasteiger partial charge in [-0.2, -0.15) is 13.2 Å². The summed E-state index contributed by atoms with van der Waals surface area (Å²) in [6, 6.07) is 1.70. The first-order valence-electron chi connectivity index (χ1n) is 9.95. The summed E-state index contributed by atoms with van der Waals surface area (Å²) in [4.78, 5) is 25.8. The third kappa shape index (κ3) is 3.55. The van der Waals surface area contributed by atoms with Crippen molar-refractivity contribution in [3.63, 3.8) is 0 Å². The molecule has 0 aliphatic carbocycles. The Labute approximate surface area is 180 Å². The third-order valence-electron chi connectivity index (χ3n) is 5.44. The Morgan fingerprint density at radius 1 is 1.12 bits per heavy atom. The first kappa shape index (κ1) is 20.4. The number of aromatic amines is 1. The minimum absolute atomic E-state index is 0.0717. The van der Waals surface area contributed by atoms with E-state index in [1.165, 1.54) is 10.6 Å². The van der Waals surface area contributed by atoms with Gasteiger partial charge in [-0.1, -0.05) is 0 Å². The molecule has 4 aromatic rings. The van der Waals surface area contributed by atoms with Crippen LogP contribution in [0.4, 0.5) is 19.0 Å². The Bertz CT molecular complexity index is 1240. The highest BCUT2D eigenvalue weighted by Gasteiger charge is 2.36. The van der Waals surface area contributed by atoms with Crippen LogP contribution >= 0.6 is 0 Å². The van der Waals surface area contributed by atoms with Crippen molar-refractivity contribution in [2.45, 2.75) is 38.3 Å². The van der Waals surface area contributed by atoms with E-state index in [4.69, 9.17) is 4.74 Å². The number of anilines is 1. The van der Waals surface area contributed by atoms with Gasteiger partial charge >= 0.3 is 6.18 Å². The van der Waals surface area contributed by atoms with E-state index >= 15 is 0 Å². The fourth-order valence-electron chi connectivity index (χ4n) is 3.90. The molecule has 0 saturated carbocycles. The molecule has 0 aromatic carbocycles. The molecule has 9 nitrogen and oxygen atoms in total. The molecule has 4 aromatic heterocycles. The molecule has 0 spiro atoms. The summed E-state index contributed by atoms with van der Waals surface area (Å²) in [5.74, 6) is 0.904. The molecule has 5 rings (SSSR count). The van der Waals surface area contributed by atoms with Crippen molar-refractivity contribution in [3.05, 3.63) is 54.8 Å². The number of ether oxygens (including phenoxy) is 1. The van der Waals surface area contributed by atoms with Crippen LogP contribution < -0.4 is 4.90 Å². The maximum Gasteiger partial charge on any atom is 0.434 e. The lowest BCUT2D eigenvalue weighted by molar-refractivity contribution is -0.141. The minimum atomic E-state index is -4.57. The summed E-state index contributed by atoms with van der Waals surface area (Å²) in [7, 11) is 0. The van der Waals surface area contributed by atoms with E-state index in [2.05, 4.69) is 34.8 Å². The Balaban J connectivity index is 1.52. The zero-order chi connectivity index (χ0) is 22.5. The van der Waals surface area contributed by atoms with Gasteiger partial charge in [0.1, 0.15) is 17.6 Å². The average Bonchev–Trinajstić information content (AvgIpc) is 3.44. The molecule has 1 N–H and O–H groups in total. The number of H-pyrrole nitrogens is 1. The predicted molar refractivity (Wildman–Crippen MR) is 108 cm³/mol. The van der Waals surface area contributed by atoms with Crippen molar-refractivity contribution in [3.8, 4) is 11.5 Å².